The first-order valence-corrected chi connectivity index (χ1v) is 36.0. The SMILES string of the molecule is CC[C@H](C)[C@@H]([C@@H](CC(=O)N1CCC[C@H]1[C@H](C)[C@@H](C)C(=O)CC(Cc1ccccc1)c1nccs1)OC)N(C)C(=O)[C@@H](CC(=O)[C@H](C(C)C)N(C)C(=O)OC(C(=O)N1CCN(C)CC1)c1ccc(NC(=O)[C@H](CCCNC(N)=O)CC(=O)[C@@H](NC(=O)OC(C)(C)C)C(C)C)cc1)C(C)C. The quantitative estimate of drug-likeness (QED) is 0.0394. The Kier molecular flexibility index (Phi) is 31.8. The van der Waals surface area contributed by atoms with E-state index in [1.54, 1.807) is 114 Å². The number of thiazole rings is 1. The standard InChI is InChI=1S/C74H114N10O13S/c1-18-48(8)65(61(95-17)44-62(88)84-34-23-27-57(84)49(9)50(10)58(85)42-54(68-76-33-39-98-68)40-51-24-20-19-21-25-51)81(15)69(90)56(45(2)3)43-60(87)64(47(6)7)82(16)73(94)96-66(70(91)83-37-35-80(14)36-38-83)52-28-30-55(31-29-52)78-67(89)53(26-22-32-77-71(75)92)41-59(86)63(46(4)5)79-72(93)97-74(11,12)13/h19-21,24-25,28-31,33,39,45-50,53-54,56-57,61,63-66H,18,22-23,26-27,32,34-38,40-44H2,1-17H3,(H,78,89)(H,79,93)(H3,75,77,92)/t48-,49+,50+,53+,54?,56-,57-,61+,63-,64-,65-,66?/m0/s1. The van der Waals surface area contributed by atoms with Crippen LogP contribution in [-0.2, 0) is 54.2 Å². The van der Waals surface area contributed by atoms with Gasteiger partial charge in [0.2, 0.25) is 23.8 Å². The highest BCUT2D eigenvalue weighted by Crippen LogP contribution is 2.36. The number of nitrogens with two attached hydrogens (primary N) is 1. The Hall–Kier alpha value is -7.31. The van der Waals surface area contributed by atoms with Crippen molar-refractivity contribution in [2.24, 2.45) is 53.1 Å². The lowest BCUT2D eigenvalue weighted by atomic mass is 9.81. The molecule has 2 saturated heterocycles. The van der Waals surface area contributed by atoms with E-state index in [2.05, 4.69) is 44.9 Å². The van der Waals surface area contributed by atoms with E-state index in [-0.39, 0.29) is 103 Å². The number of likely N-dealkylation sites (tertiary alicyclic amines) is 1. The molecular formula is C74H114N10O13S. The van der Waals surface area contributed by atoms with Crippen LogP contribution in [-0.4, -0.2) is 192 Å². The van der Waals surface area contributed by atoms with E-state index in [0.717, 1.165) is 23.4 Å². The second-order valence-electron chi connectivity index (χ2n) is 29.2. The molecule has 24 heteroatoms. The van der Waals surface area contributed by atoms with Crippen molar-refractivity contribution in [3.63, 3.8) is 0 Å². The van der Waals surface area contributed by atoms with E-state index in [4.69, 9.17) is 19.9 Å². The number of alkyl carbamates (subject to hydrolysis) is 1. The number of urea groups is 1. The number of carbonyl (C=O) groups excluding carboxylic acids is 10. The average molecular weight is 1380 g/mol. The van der Waals surface area contributed by atoms with E-state index in [1.165, 1.54) is 11.9 Å². The summed E-state index contributed by atoms with van der Waals surface area (Å²) in [4.78, 5) is 154. The summed E-state index contributed by atoms with van der Waals surface area (Å²) in [6, 6.07) is 12.8. The van der Waals surface area contributed by atoms with Gasteiger partial charge in [0.1, 0.15) is 11.4 Å². The van der Waals surface area contributed by atoms with E-state index in [0.29, 0.717) is 64.1 Å². The van der Waals surface area contributed by atoms with Gasteiger partial charge < -0.3 is 60.4 Å². The number of likely N-dealkylation sites (N-methyl/N-ethyl adjacent to an activating group) is 3. The van der Waals surface area contributed by atoms with Crippen LogP contribution in [0.1, 0.15) is 176 Å². The van der Waals surface area contributed by atoms with Crippen molar-refractivity contribution < 1.29 is 62.2 Å². The van der Waals surface area contributed by atoms with Crippen molar-refractivity contribution in [1.82, 2.24) is 40.1 Å². The molecule has 8 amide bonds. The van der Waals surface area contributed by atoms with Gasteiger partial charge in [-0.3, -0.25) is 33.6 Å². The predicted molar refractivity (Wildman–Crippen MR) is 380 cm³/mol. The van der Waals surface area contributed by atoms with Crippen molar-refractivity contribution >= 4 is 76.2 Å². The van der Waals surface area contributed by atoms with Crippen LogP contribution in [0.3, 0.4) is 0 Å². The highest BCUT2D eigenvalue weighted by molar-refractivity contribution is 7.09. The van der Waals surface area contributed by atoms with Crippen LogP contribution in [0.4, 0.5) is 20.1 Å². The third kappa shape index (κ3) is 23.7. The molecule has 98 heavy (non-hydrogen) atoms. The van der Waals surface area contributed by atoms with Crippen LogP contribution in [0.15, 0.2) is 66.2 Å². The van der Waals surface area contributed by atoms with Crippen molar-refractivity contribution in [2.75, 3.05) is 72.8 Å². The normalized spacial score (nSPS) is 17.9. The molecular weight excluding hydrogens is 1270 g/mol. The van der Waals surface area contributed by atoms with Crippen LogP contribution < -0.4 is 21.7 Å². The van der Waals surface area contributed by atoms with E-state index in [9.17, 15) is 43.2 Å². The van der Waals surface area contributed by atoms with Gasteiger partial charge in [0.15, 0.2) is 11.6 Å². The lowest BCUT2D eigenvalue weighted by molar-refractivity contribution is -0.148. The number of carbonyl (C=O) groups is 10. The summed E-state index contributed by atoms with van der Waals surface area (Å²) in [5.74, 6) is -5.66. The molecule has 0 radical (unpaired) electrons. The molecule has 3 heterocycles. The molecule has 544 valence electrons. The average Bonchev–Trinajstić information content (AvgIpc) is 1.17. The molecule has 2 unspecified atom stereocenters. The molecule has 2 fully saturated rings. The Morgan fingerprint density at radius 3 is 1.99 bits per heavy atom. The highest BCUT2D eigenvalue weighted by Gasteiger charge is 2.44. The van der Waals surface area contributed by atoms with Crippen LogP contribution in [0.2, 0.25) is 0 Å². The van der Waals surface area contributed by atoms with Gasteiger partial charge in [-0.25, -0.2) is 19.4 Å². The fourth-order valence-electron chi connectivity index (χ4n) is 13.6. The Labute approximate surface area is 586 Å². The lowest BCUT2D eigenvalue weighted by Gasteiger charge is -2.41. The molecule has 2 aliphatic rings. The number of amides is 8. The zero-order chi connectivity index (χ0) is 72.9. The van der Waals surface area contributed by atoms with Gasteiger partial charge >= 0.3 is 18.2 Å². The first-order valence-electron chi connectivity index (χ1n) is 35.1. The van der Waals surface area contributed by atoms with Crippen molar-refractivity contribution in [3.8, 4) is 0 Å². The molecule has 3 aromatic rings. The number of aromatic nitrogens is 1. The summed E-state index contributed by atoms with van der Waals surface area (Å²) in [5.41, 5.74) is 6.19. The number of benzene rings is 2. The fraction of sp³-hybridized carbons (Fsp3) is 0.662. The number of ether oxygens (including phenoxy) is 3. The molecule has 2 aromatic carbocycles. The number of nitrogens with zero attached hydrogens (tertiary/aromatic N) is 6. The van der Waals surface area contributed by atoms with Gasteiger partial charge in [0.05, 0.1) is 35.7 Å². The van der Waals surface area contributed by atoms with Crippen LogP contribution in [0, 0.1) is 47.3 Å². The number of nitrogens with one attached hydrogen (secondary N) is 3. The zero-order valence-electron chi connectivity index (χ0n) is 61.3. The number of hydrogen-bond acceptors (Lipinski definition) is 16. The van der Waals surface area contributed by atoms with Gasteiger partial charge in [-0.15, -0.1) is 11.3 Å². The number of anilines is 1. The lowest BCUT2D eigenvalue weighted by Crippen LogP contribution is -2.54. The summed E-state index contributed by atoms with van der Waals surface area (Å²) in [5, 5.41) is 10.9. The van der Waals surface area contributed by atoms with Crippen LogP contribution >= 0.6 is 11.3 Å². The first-order chi connectivity index (χ1) is 46.2. The highest BCUT2D eigenvalue weighted by atomic mass is 32.1. The number of ketones is 3. The molecule has 5 rings (SSSR count). The fourth-order valence-corrected chi connectivity index (χ4v) is 14.3. The largest absolute Gasteiger partial charge is 0.444 e. The second-order valence-corrected chi connectivity index (χ2v) is 30.1. The van der Waals surface area contributed by atoms with E-state index in [1.807, 2.05) is 70.1 Å². The van der Waals surface area contributed by atoms with Crippen molar-refractivity contribution in [2.45, 2.75) is 202 Å². The Morgan fingerprint density at radius 2 is 1.43 bits per heavy atom. The summed E-state index contributed by atoms with van der Waals surface area (Å²) in [7, 11) is 6.64. The number of rotatable bonds is 36. The molecule has 0 spiro atoms. The molecule has 5 N–H and O–H groups in total. The first kappa shape index (κ1) is 81.4. The Bertz CT molecular complexity index is 3100. The molecule has 0 saturated carbocycles. The Morgan fingerprint density at radius 1 is 0.776 bits per heavy atom. The molecule has 0 aliphatic carbocycles. The third-order valence-electron chi connectivity index (χ3n) is 19.7. The van der Waals surface area contributed by atoms with Crippen molar-refractivity contribution in [3.05, 3.63) is 82.3 Å². The summed E-state index contributed by atoms with van der Waals surface area (Å²) in [6.45, 7) is 26.6. The molecule has 23 nitrogen and oxygen atoms in total. The summed E-state index contributed by atoms with van der Waals surface area (Å²) < 4.78 is 17.8. The number of Topliss-reactive ketones (excluding diaryl/α,β-unsaturated/α-hetero) is 3. The minimum atomic E-state index is -1.48. The van der Waals surface area contributed by atoms with Crippen molar-refractivity contribution in [1.29, 1.82) is 0 Å². The monoisotopic (exact) mass is 1380 g/mol. The van der Waals surface area contributed by atoms with Crippen LogP contribution in [0.5, 0.6) is 0 Å². The summed E-state index contributed by atoms with van der Waals surface area (Å²) in [6.07, 6.45) is 1.05. The van der Waals surface area contributed by atoms with Gasteiger partial charge in [0, 0.05) is 132 Å². The zero-order valence-corrected chi connectivity index (χ0v) is 62.1. The number of hydrogen-bond donors (Lipinski definition) is 4. The Balaban J connectivity index is 1.31. The number of piperazine rings is 1. The summed E-state index contributed by atoms with van der Waals surface area (Å²) >= 11 is 1.56. The molecule has 0 bridgehead atoms. The topological polar surface area (TPSA) is 290 Å². The minimum Gasteiger partial charge on any atom is -0.444 e. The molecule has 1 aromatic heterocycles. The number of primary amides is 1. The maximum absolute atomic E-state index is 15.1. The van der Waals surface area contributed by atoms with Gasteiger partial charge in [0.25, 0.3) is 5.91 Å². The molecule has 2 aliphatic heterocycles. The third-order valence-corrected chi connectivity index (χ3v) is 20.6. The minimum absolute atomic E-state index is 0.00759. The maximum atomic E-state index is 15.1. The van der Waals surface area contributed by atoms with E-state index < -0.39 is 89.5 Å². The van der Waals surface area contributed by atoms with Gasteiger partial charge in [-0.05, 0) is 107 Å². The maximum Gasteiger partial charge on any atom is 0.411 e. The molecule has 12 atom stereocenters. The van der Waals surface area contributed by atoms with Gasteiger partial charge in [-0.1, -0.05) is 118 Å². The predicted octanol–water partition coefficient (Wildman–Crippen LogP) is 10.3. The van der Waals surface area contributed by atoms with Crippen LogP contribution in [0.25, 0.3) is 0 Å². The second kappa shape index (κ2) is 38.3. The smallest absolute Gasteiger partial charge is 0.411 e. The van der Waals surface area contributed by atoms with Gasteiger partial charge in [-0.2, -0.15) is 0 Å². The number of methoxy groups -OCH3 is 1. The van der Waals surface area contributed by atoms with E-state index >= 15 is 4.79 Å².